The second-order valence-electron chi connectivity index (χ2n) is 12.4. The number of aromatic amines is 1. The average Bonchev–Trinajstić information content (AvgIpc) is 3.17. The molecule has 3 N–H and O–H groups in total. The molecule has 1 fully saturated rings. The van der Waals surface area contributed by atoms with Crippen LogP contribution >= 0.6 is 0 Å². The predicted molar refractivity (Wildman–Crippen MR) is 140 cm³/mol. The van der Waals surface area contributed by atoms with Crippen molar-refractivity contribution >= 4 is 31.5 Å². The lowest BCUT2D eigenvalue weighted by Gasteiger charge is -2.48. The lowest BCUT2D eigenvalue weighted by molar-refractivity contribution is -0.121. The molecule has 0 saturated heterocycles. The number of urea groups is 1. The molecule has 2 aliphatic rings. The molecule has 3 amide bonds. The Morgan fingerprint density at radius 3 is 2.29 bits per heavy atom. The first-order valence-corrected chi connectivity index (χ1v) is 15.8. The van der Waals surface area contributed by atoms with E-state index in [0.29, 0.717) is 12.4 Å². The zero-order chi connectivity index (χ0) is 25.1. The molecule has 2 aromatic rings. The van der Waals surface area contributed by atoms with Gasteiger partial charge in [0.15, 0.2) is 5.82 Å². The lowest BCUT2D eigenvalue weighted by Crippen LogP contribution is -2.52. The molecule has 1 aliphatic heterocycles. The molecule has 4 rings (SSSR count). The van der Waals surface area contributed by atoms with Gasteiger partial charge in [-0.25, -0.2) is 4.79 Å². The van der Waals surface area contributed by atoms with Gasteiger partial charge in [-0.1, -0.05) is 65.0 Å². The minimum absolute atomic E-state index is 0.0898. The first kappa shape index (κ1) is 24.5. The number of anilines is 2. The zero-order valence-electron chi connectivity index (χ0n) is 21.8. The maximum absolute atomic E-state index is 13.5. The van der Waals surface area contributed by atoms with Gasteiger partial charge in [0.05, 0.1) is 25.9 Å². The Balaban J connectivity index is 1.56. The minimum atomic E-state index is -1.69. The van der Waals surface area contributed by atoms with Gasteiger partial charge < -0.3 is 15.5 Å². The molecular formula is C26H39N5O2Si. The van der Waals surface area contributed by atoms with Crippen LogP contribution in [-0.2, 0) is 22.3 Å². The van der Waals surface area contributed by atoms with Crippen molar-refractivity contribution in [2.45, 2.75) is 96.1 Å². The van der Waals surface area contributed by atoms with Crippen molar-refractivity contribution in [3.63, 3.8) is 0 Å². The summed E-state index contributed by atoms with van der Waals surface area (Å²) in [4.78, 5) is 28.6. The molecule has 34 heavy (non-hydrogen) atoms. The first-order valence-electron chi connectivity index (χ1n) is 12.3. The summed E-state index contributed by atoms with van der Waals surface area (Å²) in [7, 11) is -1.69. The summed E-state index contributed by atoms with van der Waals surface area (Å²) in [5.41, 5.74) is 2.99. The standard InChI is InChI=1S/C26H39N5O2Si/c1-24(2,3)18-12-9-10-13-19(18)27-23(33)31-16-17-20(25(31,4)5)29-30-21(17)28-22(32)26(14-11-15-26)34(6,7)8/h9-10,12-13H,11,14-16H2,1-8H3,(H,27,33)(H2,28,29,30,32). The Morgan fingerprint density at radius 1 is 1.09 bits per heavy atom. The molecule has 0 bridgehead atoms. The molecule has 2 heterocycles. The number of amides is 3. The number of hydrogen-bond donors (Lipinski definition) is 3. The molecule has 1 saturated carbocycles. The van der Waals surface area contributed by atoms with Crippen LogP contribution in [0.25, 0.3) is 0 Å². The number of aromatic nitrogens is 2. The number of benzene rings is 1. The van der Waals surface area contributed by atoms with E-state index in [-0.39, 0.29) is 22.4 Å². The van der Waals surface area contributed by atoms with Gasteiger partial charge in [0, 0.05) is 16.3 Å². The fourth-order valence-corrected chi connectivity index (χ4v) is 8.05. The summed E-state index contributed by atoms with van der Waals surface area (Å²) in [5.74, 6) is 0.648. The number of para-hydroxylation sites is 1. The molecule has 1 aromatic heterocycles. The van der Waals surface area contributed by atoms with Crippen LogP contribution < -0.4 is 10.6 Å². The zero-order valence-corrected chi connectivity index (χ0v) is 22.8. The largest absolute Gasteiger partial charge is 0.322 e. The fraction of sp³-hybridized carbons (Fsp3) is 0.577. The maximum atomic E-state index is 13.5. The van der Waals surface area contributed by atoms with Gasteiger partial charge in [-0.05, 0) is 43.7 Å². The second-order valence-corrected chi connectivity index (χ2v) is 17.9. The topological polar surface area (TPSA) is 90.1 Å². The molecule has 0 spiro atoms. The highest BCUT2D eigenvalue weighted by atomic mass is 28.3. The highest BCUT2D eigenvalue weighted by Crippen LogP contribution is 2.56. The van der Waals surface area contributed by atoms with E-state index in [1.54, 1.807) is 0 Å². The Hall–Kier alpha value is -2.61. The van der Waals surface area contributed by atoms with E-state index in [4.69, 9.17) is 0 Å². The van der Waals surface area contributed by atoms with Crippen LogP contribution in [0, 0.1) is 0 Å². The summed E-state index contributed by atoms with van der Waals surface area (Å²) < 4.78 is 0. The van der Waals surface area contributed by atoms with Crippen LogP contribution in [0.5, 0.6) is 0 Å². The van der Waals surface area contributed by atoms with E-state index in [1.807, 2.05) is 36.9 Å². The van der Waals surface area contributed by atoms with Crippen molar-refractivity contribution in [2.75, 3.05) is 10.6 Å². The van der Waals surface area contributed by atoms with Crippen molar-refractivity contribution < 1.29 is 9.59 Å². The molecule has 1 aliphatic carbocycles. The molecule has 0 unspecified atom stereocenters. The third-order valence-corrected chi connectivity index (χ3v) is 11.6. The van der Waals surface area contributed by atoms with Crippen molar-refractivity contribution in [3.8, 4) is 0 Å². The summed E-state index contributed by atoms with van der Waals surface area (Å²) in [6, 6.07) is 7.77. The molecule has 8 heteroatoms. The number of carbonyl (C=O) groups is 2. The molecular weight excluding hydrogens is 442 g/mol. The number of carbonyl (C=O) groups excluding carboxylic acids is 2. The summed E-state index contributed by atoms with van der Waals surface area (Å²) in [5, 5.41) is 13.6. The van der Waals surface area contributed by atoms with E-state index in [2.05, 4.69) is 67.3 Å². The first-order chi connectivity index (χ1) is 15.7. The summed E-state index contributed by atoms with van der Waals surface area (Å²) in [6.07, 6.45) is 3.01. The molecule has 1 aromatic carbocycles. The average molecular weight is 482 g/mol. The van der Waals surface area contributed by atoms with Crippen LogP contribution in [0.3, 0.4) is 0 Å². The van der Waals surface area contributed by atoms with Crippen molar-refractivity contribution in [3.05, 3.63) is 41.1 Å². The fourth-order valence-electron chi connectivity index (χ4n) is 5.45. The Labute approximate surface area is 204 Å². The third-order valence-electron chi connectivity index (χ3n) is 8.00. The SMILES string of the molecule is CC(C)(C)c1ccccc1NC(=O)N1Cc2c(NC(=O)C3([Si](C)(C)C)CCC3)n[nH]c2C1(C)C. The number of rotatable bonds is 4. The smallest absolute Gasteiger partial charge is 0.309 e. The summed E-state index contributed by atoms with van der Waals surface area (Å²) >= 11 is 0. The molecule has 184 valence electrons. The lowest BCUT2D eigenvalue weighted by atomic mass is 9.83. The van der Waals surface area contributed by atoms with E-state index in [0.717, 1.165) is 41.8 Å². The van der Waals surface area contributed by atoms with Crippen molar-refractivity contribution in [1.29, 1.82) is 0 Å². The van der Waals surface area contributed by atoms with Crippen molar-refractivity contribution in [2.24, 2.45) is 0 Å². The second kappa shape index (κ2) is 7.97. The quantitative estimate of drug-likeness (QED) is 0.455. The number of hydrogen-bond acceptors (Lipinski definition) is 3. The molecule has 0 radical (unpaired) electrons. The Bertz CT molecular complexity index is 1120. The van der Waals surface area contributed by atoms with Gasteiger partial charge in [0.2, 0.25) is 5.91 Å². The van der Waals surface area contributed by atoms with Crippen LogP contribution in [-0.4, -0.2) is 35.1 Å². The number of nitrogens with one attached hydrogen (secondary N) is 3. The monoisotopic (exact) mass is 481 g/mol. The highest BCUT2D eigenvalue weighted by molar-refractivity contribution is 6.83. The van der Waals surface area contributed by atoms with E-state index in [9.17, 15) is 9.59 Å². The van der Waals surface area contributed by atoms with Gasteiger partial charge in [-0.3, -0.25) is 9.89 Å². The maximum Gasteiger partial charge on any atom is 0.322 e. The minimum Gasteiger partial charge on any atom is -0.309 e. The van der Waals surface area contributed by atoms with Gasteiger partial charge in [0.1, 0.15) is 0 Å². The van der Waals surface area contributed by atoms with Crippen molar-refractivity contribution in [1.82, 2.24) is 15.1 Å². The van der Waals surface area contributed by atoms with Crippen LogP contribution in [0.1, 0.15) is 70.7 Å². The third kappa shape index (κ3) is 3.85. The van der Waals surface area contributed by atoms with E-state index in [1.165, 1.54) is 0 Å². The molecule has 0 atom stereocenters. The normalized spacial score (nSPS) is 18.8. The summed E-state index contributed by atoms with van der Waals surface area (Å²) in [6.45, 7) is 17.6. The highest BCUT2D eigenvalue weighted by Gasteiger charge is 2.54. The van der Waals surface area contributed by atoms with Crippen LogP contribution in [0.4, 0.5) is 16.3 Å². The van der Waals surface area contributed by atoms with Crippen LogP contribution in [0.15, 0.2) is 24.3 Å². The molecule has 7 nitrogen and oxygen atoms in total. The Morgan fingerprint density at radius 2 is 1.74 bits per heavy atom. The Kier molecular flexibility index (Phi) is 5.74. The van der Waals surface area contributed by atoms with Gasteiger partial charge in [-0.2, -0.15) is 5.10 Å². The number of nitrogens with zero attached hydrogens (tertiary/aromatic N) is 2. The van der Waals surface area contributed by atoms with Gasteiger partial charge >= 0.3 is 6.03 Å². The van der Waals surface area contributed by atoms with Crippen LogP contribution in [0.2, 0.25) is 24.7 Å². The predicted octanol–water partition coefficient (Wildman–Crippen LogP) is 6.19. The van der Waals surface area contributed by atoms with E-state index < -0.39 is 13.6 Å². The number of fused-ring (bicyclic) bond motifs is 1. The van der Waals surface area contributed by atoms with Gasteiger partial charge in [-0.15, -0.1) is 0 Å². The number of H-pyrrole nitrogens is 1. The van der Waals surface area contributed by atoms with E-state index >= 15 is 0 Å². The van der Waals surface area contributed by atoms with Gasteiger partial charge in [0.25, 0.3) is 0 Å².